The molecule has 6 heteroatoms. The van der Waals surface area contributed by atoms with E-state index in [2.05, 4.69) is 5.32 Å². The van der Waals surface area contributed by atoms with E-state index in [1.165, 1.54) is 4.90 Å². The van der Waals surface area contributed by atoms with E-state index in [4.69, 9.17) is 4.42 Å². The van der Waals surface area contributed by atoms with E-state index in [-0.39, 0.29) is 12.1 Å². The van der Waals surface area contributed by atoms with Gasteiger partial charge < -0.3 is 19.7 Å². The highest BCUT2D eigenvalue weighted by Gasteiger charge is 2.44. The van der Waals surface area contributed by atoms with Crippen molar-refractivity contribution in [3.05, 3.63) is 24.2 Å². The maximum atomic E-state index is 12.4. The number of furan rings is 1. The number of carbonyl (C=O) groups excluding carboxylic acids is 1. The molecule has 2 N–H and O–H groups in total. The summed E-state index contributed by atoms with van der Waals surface area (Å²) in [4.78, 5) is 25.4. The second kappa shape index (κ2) is 5.79. The third-order valence-corrected chi connectivity index (χ3v) is 4.08. The molecule has 1 aliphatic rings. The van der Waals surface area contributed by atoms with Crippen molar-refractivity contribution < 1.29 is 19.1 Å². The predicted molar refractivity (Wildman–Crippen MR) is 76.8 cm³/mol. The van der Waals surface area contributed by atoms with E-state index in [0.717, 1.165) is 12.8 Å². The number of piperidine rings is 1. The molecular weight excluding hydrogens is 272 g/mol. The molecule has 0 bridgehead atoms. The Morgan fingerprint density at radius 1 is 1.52 bits per heavy atom. The molecule has 1 aliphatic heterocycles. The molecule has 1 saturated heterocycles. The van der Waals surface area contributed by atoms with Gasteiger partial charge in [0.25, 0.3) is 0 Å². The van der Waals surface area contributed by atoms with Crippen LogP contribution in [0, 0.1) is 5.41 Å². The zero-order valence-electron chi connectivity index (χ0n) is 12.6. The van der Waals surface area contributed by atoms with Crippen LogP contribution in [0.3, 0.4) is 0 Å². The molecule has 6 nitrogen and oxygen atoms in total. The largest absolute Gasteiger partial charge is 0.480 e. The van der Waals surface area contributed by atoms with Crippen molar-refractivity contribution in [2.24, 2.45) is 5.41 Å². The summed E-state index contributed by atoms with van der Waals surface area (Å²) in [7, 11) is 0. The first-order chi connectivity index (χ1) is 9.83. The molecule has 0 radical (unpaired) electrons. The van der Waals surface area contributed by atoms with Crippen molar-refractivity contribution in [2.45, 2.75) is 45.7 Å². The minimum absolute atomic E-state index is 0.299. The fourth-order valence-corrected chi connectivity index (χ4v) is 2.96. The molecule has 2 atom stereocenters. The normalized spacial score (nSPS) is 22.6. The summed E-state index contributed by atoms with van der Waals surface area (Å²) >= 11 is 0. The van der Waals surface area contributed by atoms with Crippen LogP contribution in [0.5, 0.6) is 0 Å². The van der Waals surface area contributed by atoms with Gasteiger partial charge in [0.2, 0.25) is 0 Å². The van der Waals surface area contributed by atoms with Gasteiger partial charge in [0.15, 0.2) is 0 Å². The van der Waals surface area contributed by atoms with Crippen LogP contribution in [0.25, 0.3) is 0 Å². The Bertz CT molecular complexity index is 510. The number of likely N-dealkylation sites (tertiary alicyclic amines) is 1. The molecule has 0 aromatic carbocycles. The van der Waals surface area contributed by atoms with E-state index in [1.807, 2.05) is 20.8 Å². The van der Waals surface area contributed by atoms with Crippen LogP contribution in [-0.2, 0) is 4.79 Å². The molecule has 21 heavy (non-hydrogen) atoms. The van der Waals surface area contributed by atoms with Crippen molar-refractivity contribution in [3.63, 3.8) is 0 Å². The number of carboxylic acid groups (broad SMARTS) is 1. The van der Waals surface area contributed by atoms with Gasteiger partial charge in [-0.15, -0.1) is 0 Å². The van der Waals surface area contributed by atoms with Crippen LogP contribution < -0.4 is 5.32 Å². The first-order valence-corrected chi connectivity index (χ1v) is 7.16. The zero-order valence-corrected chi connectivity index (χ0v) is 12.6. The SMILES string of the molecule is CC(NC(=O)N1CCCC(C)(C)C1C(=O)O)c1ccco1. The van der Waals surface area contributed by atoms with Gasteiger partial charge in [-0.2, -0.15) is 0 Å². The van der Waals surface area contributed by atoms with Gasteiger partial charge in [-0.1, -0.05) is 13.8 Å². The maximum Gasteiger partial charge on any atom is 0.327 e. The Hall–Kier alpha value is -1.98. The van der Waals surface area contributed by atoms with Gasteiger partial charge >= 0.3 is 12.0 Å². The average molecular weight is 294 g/mol. The van der Waals surface area contributed by atoms with E-state index < -0.39 is 17.4 Å². The summed E-state index contributed by atoms with van der Waals surface area (Å²) < 4.78 is 5.25. The number of hydrogen-bond acceptors (Lipinski definition) is 3. The van der Waals surface area contributed by atoms with Gasteiger partial charge in [0.1, 0.15) is 11.8 Å². The van der Waals surface area contributed by atoms with Crippen molar-refractivity contribution >= 4 is 12.0 Å². The number of nitrogens with one attached hydrogen (secondary N) is 1. The molecule has 0 saturated carbocycles. The van der Waals surface area contributed by atoms with Gasteiger partial charge in [-0.25, -0.2) is 9.59 Å². The summed E-state index contributed by atoms with van der Waals surface area (Å²) in [6.07, 6.45) is 3.14. The van der Waals surface area contributed by atoms with Gasteiger partial charge in [-0.3, -0.25) is 0 Å². The average Bonchev–Trinajstić information content (AvgIpc) is 2.90. The van der Waals surface area contributed by atoms with E-state index >= 15 is 0 Å². The van der Waals surface area contributed by atoms with Crippen LogP contribution in [-0.4, -0.2) is 34.6 Å². The standard InChI is InChI=1S/C15H22N2O4/c1-10(11-6-4-9-21-11)16-14(20)17-8-5-7-15(2,3)12(17)13(18)19/h4,6,9-10,12H,5,7-8H2,1-3H3,(H,16,20)(H,18,19). The fraction of sp³-hybridized carbons (Fsp3) is 0.600. The lowest BCUT2D eigenvalue weighted by Crippen LogP contribution is -2.58. The number of carbonyl (C=O) groups is 2. The lowest BCUT2D eigenvalue weighted by molar-refractivity contribution is -0.148. The van der Waals surface area contributed by atoms with Crippen molar-refractivity contribution in [1.82, 2.24) is 10.2 Å². The number of carboxylic acids is 1. The molecular formula is C15H22N2O4. The van der Waals surface area contributed by atoms with Crippen molar-refractivity contribution in [3.8, 4) is 0 Å². The third-order valence-electron chi connectivity index (χ3n) is 4.08. The molecule has 2 unspecified atom stereocenters. The van der Waals surface area contributed by atoms with E-state index in [9.17, 15) is 14.7 Å². The van der Waals surface area contributed by atoms with Crippen LogP contribution in [0.15, 0.2) is 22.8 Å². The van der Waals surface area contributed by atoms with Gasteiger partial charge in [-0.05, 0) is 37.3 Å². The highest BCUT2D eigenvalue weighted by Crippen LogP contribution is 2.35. The van der Waals surface area contributed by atoms with Crippen LogP contribution in [0.1, 0.15) is 45.4 Å². The first kappa shape index (κ1) is 15.4. The first-order valence-electron chi connectivity index (χ1n) is 7.16. The van der Waals surface area contributed by atoms with E-state index in [1.54, 1.807) is 18.4 Å². The lowest BCUT2D eigenvalue weighted by atomic mass is 9.76. The number of urea groups is 1. The number of amides is 2. The Morgan fingerprint density at radius 2 is 2.24 bits per heavy atom. The molecule has 1 fully saturated rings. The number of aliphatic carboxylic acids is 1. The minimum Gasteiger partial charge on any atom is -0.480 e. The number of hydrogen-bond donors (Lipinski definition) is 2. The predicted octanol–water partition coefficient (Wildman–Crippen LogP) is 2.63. The van der Waals surface area contributed by atoms with Crippen LogP contribution in [0.4, 0.5) is 4.79 Å². The third kappa shape index (κ3) is 3.20. The molecule has 1 aromatic rings. The second-order valence-electron chi connectivity index (χ2n) is 6.21. The molecule has 2 rings (SSSR count). The Labute approximate surface area is 124 Å². The summed E-state index contributed by atoms with van der Waals surface area (Å²) in [5.41, 5.74) is -0.435. The van der Waals surface area contributed by atoms with Crippen LogP contribution in [0.2, 0.25) is 0 Å². The number of rotatable bonds is 3. The number of nitrogens with zero attached hydrogens (tertiary/aromatic N) is 1. The molecule has 0 aliphatic carbocycles. The van der Waals surface area contributed by atoms with Gasteiger partial charge in [0.05, 0.1) is 12.3 Å². The minimum atomic E-state index is -0.958. The molecule has 2 heterocycles. The van der Waals surface area contributed by atoms with Crippen molar-refractivity contribution in [2.75, 3.05) is 6.54 Å². The summed E-state index contributed by atoms with van der Waals surface area (Å²) in [6, 6.07) is 2.06. The summed E-state index contributed by atoms with van der Waals surface area (Å²) in [6.45, 7) is 6.04. The Kier molecular flexibility index (Phi) is 4.25. The smallest absolute Gasteiger partial charge is 0.327 e. The lowest BCUT2D eigenvalue weighted by Gasteiger charge is -2.44. The molecule has 116 valence electrons. The summed E-state index contributed by atoms with van der Waals surface area (Å²) in [5.74, 6) is -0.313. The maximum absolute atomic E-state index is 12.4. The topological polar surface area (TPSA) is 82.8 Å². The highest BCUT2D eigenvalue weighted by molar-refractivity contribution is 5.83. The molecule has 2 amide bonds. The zero-order chi connectivity index (χ0) is 15.6. The van der Waals surface area contributed by atoms with Crippen LogP contribution >= 0.6 is 0 Å². The highest BCUT2D eigenvalue weighted by atomic mass is 16.4. The van der Waals surface area contributed by atoms with E-state index in [0.29, 0.717) is 12.3 Å². The summed E-state index contributed by atoms with van der Waals surface area (Å²) in [5, 5.41) is 12.3. The molecule has 1 aromatic heterocycles. The second-order valence-corrected chi connectivity index (χ2v) is 6.21. The molecule has 0 spiro atoms. The van der Waals surface area contributed by atoms with Gasteiger partial charge in [0, 0.05) is 6.54 Å². The quantitative estimate of drug-likeness (QED) is 0.897. The fourth-order valence-electron chi connectivity index (χ4n) is 2.96. The Morgan fingerprint density at radius 3 is 2.81 bits per heavy atom. The van der Waals surface area contributed by atoms with Crippen molar-refractivity contribution in [1.29, 1.82) is 0 Å². The Balaban J connectivity index is 2.11. The monoisotopic (exact) mass is 294 g/mol.